The standard InChI is InChI=1S/C26H34FN5O4/c1-26(2,3)36-25(35)31-11-5-7-19(14-31)29-23(33)21-15-32(20-8-4-6-18(27)12-20)16-22(21)30-24(34)28-13-17-9-10-17/h4,6,8,12,15-17,19H,5,7,9-11,13-14H2,1-3H3,(H,29,33)(H2,28,30,34). The molecule has 1 saturated carbocycles. The molecule has 0 spiro atoms. The van der Waals surface area contributed by atoms with E-state index in [1.807, 2.05) is 20.8 Å². The fraction of sp³-hybridized carbons (Fsp3) is 0.500. The molecule has 1 aromatic heterocycles. The Labute approximate surface area is 210 Å². The smallest absolute Gasteiger partial charge is 0.410 e. The van der Waals surface area contributed by atoms with Crippen LogP contribution in [-0.2, 0) is 4.74 Å². The van der Waals surface area contributed by atoms with Crippen LogP contribution in [0.1, 0.15) is 56.8 Å². The van der Waals surface area contributed by atoms with Gasteiger partial charge in [0.1, 0.15) is 11.4 Å². The average molecular weight is 500 g/mol. The van der Waals surface area contributed by atoms with Crippen LogP contribution in [0.2, 0.25) is 0 Å². The zero-order chi connectivity index (χ0) is 25.9. The van der Waals surface area contributed by atoms with Gasteiger partial charge in [-0.2, -0.15) is 0 Å². The Morgan fingerprint density at radius 2 is 1.92 bits per heavy atom. The minimum Gasteiger partial charge on any atom is -0.444 e. The largest absolute Gasteiger partial charge is 0.444 e. The molecule has 2 aromatic rings. The second-order valence-electron chi connectivity index (χ2n) is 10.5. The van der Waals surface area contributed by atoms with Crippen LogP contribution in [0, 0.1) is 11.7 Å². The summed E-state index contributed by atoms with van der Waals surface area (Å²) in [6.45, 7) is 6.91. The Hall–Kier alpha value is -3.56. The summed E-state index contributed by atoms with van der Waals surface area (Å²) in [5.41, 5.74) is 0.470. The molecule has 3 N–H and O–H groups in total. The van der Waals surface area contributed by atoms with Gasteiger partial charge in [0.25, 0.3) is 5.91 Å². The van der Waals surface area contributed by atoms with Crippen LogP contribution in [0.5, 0.6) is 0 Å². The highest BCUT2D eigenvalue weighted by Gasteiger charge is 2.29. The molecule has 2 aliphatic rings. The van der Waals surface area contributed by atoms with Gasteiger partial charge in [-0.3, -0.25) is 4.79 Å². The lowest BCUT2D eigenvalue weighted by atomic mass is 10.1. The number of urea groups is 1. The first-order valence-electron chi connectivity index (χ1n) is 12.4. The number of aromatic nitrogens is 1. The number of carbonyl (C=O) groups is 3. The molecular formula is C26H34FN5O4. The van der Waals surface area contributed by atoms with Gasteiger partial charge in [-0.25, -0.2) is 14.0 Å². The van der Waals surface area contributed by atoms with Gasteiger partial charge in [0.15, 0.2) is 0 Å². The summed E-state index contributed by atoms with van der Waals surface area (Å²) in [7, 11) is 0. The van der Waals surface area contributed by atoms with Gasteiger partial charge in [0.2, 0.25) is 0 Å². The zero-order valence-electron chi connectivity index (χ0n) is 21.0. The summed E-state index contributed by atoms with van der Waals surface area (Å²) in [6, 6.07) is 5.30. The maximum atomic E-state index is 13.8. The number of anilines is 1. The first-order valence-corrected chi connectivity index (χ1v) is 12.4. The molecule has 1 atom stereocenters. The molecule has 4 rings (SSSR count). The monoisotopic (exact) mass is 499 g/mol. The van der Waals surface area contributed by atoms with Crippen molar-refractivity contribution in [2.45, 2.75) is 58.1 Å². The van der Waals surface area contributed by atoms with Crippen LogP contribution in [0.4, 0.5) is 19.7 Å². The molecule has 1 aromatic carbocycles. The number of benzene rings is 1. The van der Waals surface area contributed by atoms with E-state index in [2.05, 4.69) is 16.0 Å². The number of hydrogen-bond donors (Lipinski definition) is 3. The van der Waals surface area contributed by atoms with Gasteiger partial charge >= 0.3 is 12.1 Å². The normalized spacial score (nSPS) is 17.9. The zero-order valence-corrected chi connectivity index (χ0v) is 21.0. The highest BCUT2D eigenvalue weighted by atomic mass is 19.1. The van der Waals surface area contributed by atoms with Crippen molar-refractivity contribution >= 4 is 23.7 Å². The Kier molecular flexibility index (Phi) is 7.51. The van der Waals surface area contributed by atoms with Gasteiger partial charge in [-0.1, -0.05) is 6.07 Å². The third-order valence-electron chi connectivity index (χ3n) is 6.08. The number of ether oxygens (including phenoxy) is 1. The lowest BCUT2D eigenvalue weighted by Gasteiger charge is -2.34. The van der Waals surface area contributed by atoms with E-state index in [9.17, 15) is 18.8 Å². The second-order valence-corrected chi connectivity index (χ2v) is 10.5. The molecule has 1 aliphatic carbocycles. The Balaban J connectivity index is 1.48. The molecule has 1 aliphatic heterocycles. The van der Waals surface area contributed by atoms with E-state index in [-0.39, 0.29) is 11.6 Å². The number of likely N-dealkylation sites (tertiary alicyclic amines) is 1. The quantitative estimate of drug-likeness (QED) is 0.552. The van der Waals surface area contributed by atoms with Crippen molar-refractivity contribution in [2.75, 3.05) is 25.0 Å². The van der Waals surface area contributed by atoms with Crippen molar-refractivity contribution in [3.63, 3.8) is 0 Å². The third kappa shape index (κ3) is 6.99. The molecule has 2 fully saturated rings. The summed E-state index contributed by atoms with van der Waals surface area (Å²) in [5, 5.41) is 8.57. The molecule has 0 bridgehead atoms. The third-order valence-corrected chi connectivity index (χ3v) is 6.08. The fourth-order valence-corrected chi connectivity index (χ4v) is 4.10. The number of rotatable bonds is 6. The first kappa shape index (κ1) is 25.5. The van der Waals surface area contributed by atoms with Crippen molar-refractivity contribution in [1.82, 2.24) is 20.1 Å². The van der Waals surface area contributed by atoms with Crippen molar-refractivity contribution in [2.24, 2.45) is 5.92 Å². The molecule has 10 heteroatoms. The van der Waals surface area contributed by atoms with Crippen molar-refractivity contribution in [3.05, 3.63) is 48.0 Å². The van der Waals surface area contributed by atoms with E-state index in [0.29, 0.717) is 43.3 Å². The highest BCUT2D eigenvalue weighted by Crippen LogP contribution is 2.28. The molecule has 1 unspecified atom stereocenters. The van der Waals surface area contributed by atoms with E-state index in [1.54, 1.807) is 34.0 Å². The molecule has 194 valence electrons. The van der Waals surface area contributed by atoms with Gasteiger partial charge in [0.05, 0.1) is 11.3 Å². The number of piperidine rings is 1. The van der Waals surface area contributed by atoms with Crippen molar-refractivity contribution in [3.8, 4) is 5.69 Å². The summed E-state index contributed by atoms with van der Waals surface area (Å²) in [4.78, 5) is 39.9. The number of hydrogen-bond acceptors (Lipinski definition) is 4. The van der Waals surface area contributed by atoms with E-state index < -0.39 is 29.4 Å². The number of nitrogens with zero attached hydrogens (tertiary/aromatic N) is 2. The minimum atomic E-state index is -0.603. The number of nitrogens with one attached hydrogen (secondary N) is 3. The van der Waals surface area contributed by atoms with Gasteiger partial charge in [-0.15, -0.1) is 0 Å². The van der Waals surface area contributed by atoms with Crippen LogP contribution in [0.3, 0.4) is 0 Å². The van der Waals surface area contributed by atoms with Crippen molar-refractivity contribution in [1.29, 1.82) is 0 Å². The molecular weight excluding hydrogens is 465 g/mol. The summed E-state index contributed by atoms with van der Waals surface area (Å²) in [5.74, 6) is -0.290. The average Bonchev–Trinajstić information content (AvgIpc) is 3.55. The molecule has 2 heterocycles. The Morgan fingerprint density at radius 1 is 1.14 bits per heavy atom. The van der Waals surface area contributed by atoms with Crippen molar-refractivity contribution < 1.29 is 23.5 Å². The predicted octanol–water partition coefficient (Wildman–Crippen LogP) is 4.28. The van der Waals surface area contributed by atoms with E-state index >= 15 is 0 Å². The van der Waals surface area contributed by atoms with E-state index in [0.717, 1.165) is 19.3 Å². The first-order chi connectivity index (χ1) is 17.1. The summed E-state index contributed by atoms with van der Waals surface area (Å²) in [6.07, 6.45) is 6.39. The number of amides is 4. The SMILES string of the molecule is CC(C)(C)OC(=O)N1CCCC(NC(=O)c2cn(-c3cccc(F)c3)cc2NC(=O)NCC2CC2)C1. The van der Waals surface area contributed by atoms with Gasteiger partial charge in [0, 0.05) is 43.8 Å². The Bertz CT molecular complexity index is 1120. The van der Waals surface area contributed by atoms with Crippen LogP contribution >= 0.6 is 0 Å². The Morgan fingerprint density at radius 3 is 2.61 bits per heavy atom. The van der Waals surface area contributed by atoms with Crippen LogP contribution in [0.15, 0.2) is 36.7 Å². The lowest BCUT2D eigenvalue weighted by molar-refractivity contribution is 0.0185. The number of halogens is 1. The van der Waals surface area contributed by atoms with Crippen LogP contribution in [0.25, 0.3) is 5.69 Å². The maximum absolute atomic E-state index is 13.8. The highest BCUT2D eigenvalue weighted by molar-refractivity contribution is 6.03. The molecule has 1 saturated heterocycles. The number of carbonyl (C=O) groups excluding carboxylic acids is 3. The lowest BCUT2D eigenvalue weighted by Crippen LogP contribution is -2.50. The molecule has 36 heavy (non-hydrogen) atoms. The fourth-order valence-electron chi connectivity index (χ4n) is 4.10. The minimum absolute atomic E-state index is 0.246. The second kappa shape index (κ2) is 10.6. The molecule has 4 amide bonds. The molecule has 0 radical (unpaired) electrons. The van der Waals surface area contributed by atoms with E-state index in [4.69, 9.17) is 4.74 Å². The maximum Gasteiger partial charge on any atom is 0.410 e. The summed E-state index contributed by atoms with van der Waals surface area (Å²) < 4.78 is 20.9. The van der Waals surface area contributed by atoms with Crippen LogP contribution < -0.4 is 16.0 Å². The van der Waals surface area contributed by atoms with Crippen LogP contribution in [-0.4, -0.2) is 58.8 Å². The predicted molar refractivity (Wildman–Crippen MR) is 134 cm³/mol. The van der Waals surface area contributed by atoms with Gasteiger partial charge < -0.3 is 30.2 Å². The summed E-state index contributed by atoms with van der Waals surface area (Å²) >= 11 is 0. The topological polar surface area (TPSA) is 105 Å². The van der Waals surface area contributed by atoms with E-state index in [1.165, 1.54) is 12.1 Å². The van der Waals surface area contributed by atoms with Gasteiger partial charge in [-0.05, 0) is 70.6 Å². The molecule has 9 nitrogen and oxygen atoms in total.